The smallest absolute Gasteiger partial charge is 0.363 e. The first-order chi connectivity index (χ1) is 7.54. The Kier molecular flexibility index (Phi) is 3.86. The summed E-state index contributed by atoms with van der Waals surface area (Å²) in [5.74, 6) is -1.22. The molecule has 16 heavy (non-hydrogen) atoms. The Balaban J connectivity index is 3.16. The molecule has 0 saturated carbocycles. The molecule has 0 bridgehead atoms. The largest absolute Gasteiger partial charge is 0.463 e. The first-order valence-electron chi connectivity index (χ1n) is 4.58. The van der Waals surface area contributed by atoms with Crippen LogP contribution in [0.5, 0.6) is 0 Å². The summed E-state index contributed by atoms with van der Waals surface area (Å²) >= 11 is 5.66. The Morgan fingerprint density at radius 1 is 1.69 bits per heavy atom. The maximum Gasteiger partial charge on any atom is 0.363 e. The lowest BCUT2D eigenvalue weighted by Crippen LogP contribution is -2.31. The molecule has 0 heterocycles. The van der Waals surface area contributed by atoms with E-state index in [1.807, 2.05) is 0 Å². The van der Waals surface area contributed by atoms with E-state index in [4.69, 9.17) is 16.9 Å². The molecular formula is C11H9ClFNO2. The number of nitriles is 1. The molecule has 5 heteroatoms. The van der Waals surface area contributed by atoms with Crippen LogP contribution in [-0.2, 0) is 15.2 Å². The monoisotopic (exact) mass is 241 g/mol. The zero-order chi connectivity index (χ0) is 12.2. The highest BCUT2D eigenvalue weighted by molar-refractivity contribution is 6.30. The number of esters is 1. The zero-order valence-electron chi connectivity index (χ0n) is 8.54. The average molecular weight is 242 g/mol. The topological polar surface area (TPSA) is 50.1 Å². The molecule has 0 aliphatic rings. The van der Waals surface area contributed by atoms with Gasteiger partial charge in [0.15, 0.2) is 0 Å². The van der Waals surface area contributed by atoms with Crippen LogP contribution in [0.15, 0.2) is 24.3 Å². The lowest BCUT2D eigenvalue weighted by atomic mass is 9.97. The predicted octanol–water partition coefficient (Wildman–Crippen LogP) is 2.59. The van der Waals surface area contributed by atoms with E-state index in [9.17, 15) is 9.18 Å². The van der Waals surface area contributed by atoms with Crippen LogP contribution >= 0.6 is 11.6 Å². The van der Waals surface area contributed by atoms with Crippen LogP contribution in [0, 0.1) is 11.3 Å². The molecule has 0 aromatic heterocycles. The third-order valence-electron chi connectivity index (χ3n) is 1.93. The van der Waals surface area contributed by atoms with Gasteiger partial charge in [0, 0.05) is 10.6 Å². The van der Waals surface area contributed by atoms with Crippen molar-refractivity contribution >= 4 is 17.6 Å². The molecule has 0 radical (unpaired) electrons. The van der Waals surface area contributed by atoms with Crippen LogP contribution in [0.4, 0.5) is 4.39 Å². The van der Waals surface area contributed by atoms with Crippen LogP contribution in [0.3, 0.4) is 0 Å². The fraction of sp³-hybridized carbons (Fsp3) is 0.273. The fourth-order valence-electron chi connectivity index (χ4n) is 1.16. The van der Waals surface area contributed by atoms with E-state index in [-0.39, 0.29) is 17.2 Å². The number of alkyl halides is 1. The van der Waals surface area contributed by atoms with Gasteiger partial charge in [-0.3, -0.25) is 0 Å². The molecular weight excluding hydrogens is 233 g/mol. The minimum atomic E-state index is -2.80. The quantitative estimate of drug-likeness (QED) is 0.765. The normalized spacial score (nSPS) is 13.6. The zero-order valence-corrected chi connectivity index (χ0v) is 9.29. The molecule has 0 spiro atoms. The van der Waals surface area contributed by atoms with Crippen molar-refractivity contribution < 1.29 is 13.9 Å². The summed E-state index contributed by atoms with van der Waals surface area (Å²) in [6.07, 6.45) is 0. The summed E-state index contributed by atoms with van der Waals surface area (Å²) in [5, 5.41) is 9.01. The average Bonchev–Trinajstić information content (AvgIpc) is 2.28. The summed E-state index contributed by atoms with van der Waals surface area (Å²) in [6, 6.07) is 6.82. The Labute approximate surface area is 97.4 Å². The van der Waals surface area contributed by atoms with Gasteiger partial charge in [-0.2, -0.15) is 5.26 Å². The van der Waals surface area contributed by atoms with E-state index in [1.54, 1.807) is 0 Å². The first kappa shape index (κ1) is 12.5. The van der Waals surface area contributed by atoms with Crippen molar-refractivity contribution in [3.05, 3.63) is 34.9 Å². The molecule has 3 nitrogen and oxygen atoms in total. The SMILES string of the molecule is CCOC(=O)[C@@](F)(C#N)c1cccc(Cl)c1. The van der Waals surface area contributed by atoms with E-state index >= 15 is 0 Å². The molecule has 0 unspecified atom stereocenters. The van der Waals surface area contributed by atoms with E-state index in [2.05, 4.69) is 4.74 Å². The molecule has 0 aliphatic carbocycles. The molecule has 0 N–H and O–H groups in total. The molecule has 0 amide bonds. The second kappa shape index (κ2) is 4.95. The Morgan fingerprint density at radius 2 is 2.38 bits per heavy atom. The summed E-state index contributed by atoms with van der Waals surface area (Å²) < 4.78 is 18.6. The van der Waals surface area contributed by atoms with Crippen molar-refractivity contribution in [2.45, 2.75) is 12.6 Å². The van der Waals surface area contributed by atoms with E-state index < -0.39 is 11.6 Å². The van der Waals surface area contributed by atoms with Gasteiger partial charge in [-0.05, 0) is 19.1 Å². The van der Waals surface area contributed by atoms with Gasteiger partial charge in [-0.1, -0.05) is 23.7 Å². The van der Waals surface area contributed by atoms with Crippen molar-refractivity contribution in [2.24, 2.45) is 0 Å². The van der Waals surface area contributed by atoms with Gasteiger partial charge in [0.2, 0.25) is 0 Å². The third-order valence-corrected chi connectivity index (χ3v) is 2.17. The maximum atomic E-state index is 14.1. The number of halogens is 2. The van der Waals surface area contributed by atoms with Crippen molar-refractivity contribution in [1.29, 1.82) is 5.26 Å². The summed E-state index contributed by atoms with van der Waals surface area (Å²) in [5.41, 5.74) is -2.93. The highest BCUT2D eigenvalue weighted by Crippen LogP contribution is 2.28. The number of ether oxygens (including phenoxy) is 1. The molecule has 1 aromatic rings. The first-order valence-corrected chi connectivity index (χ1v) is 4.95. The molecule has 1 rings (SSSR count). The molecule has 1 aromatic carbocycles. The van der Waals surface area contributed by atoms with E-state index in [0.29, 0.717) is 0 Å². The van der Waals surface area contributed by atoms with Gasteiger partial charge in [0.25, 0.3) is 0 Å². The number of rotatable bonds is 3. The molecule has 0 aliphatic heterocycles. The lowest BCUT2D eigenvalue weighted by molar-refractivity contribution is -0.154. The fourth-order valence-corrected chi connectivity index (χ4v) is 1.35. The minimum absolute atomic E-state index is 0.00670. The molecule has 1 atom stereocenters. The van der Waals surface area contributed by atoms with E-state index in [1.165, 1.54) is 37.3 Å². The van der Waals surface area contributed by atoms with Crippen LogP contribution < -0.4 is 0 Å². The van der Waals surface area contributed by atoms with Crippen LogP contribution in [-0.4, -0.2) is 12.6 Å². The highest BCUT2D eigenvalue weighted by atomic mass is 35.5. The van der Waals surface area contributed by atoms with Gasteiger partial charge < -0.3 is 4.74 Å². The van der Waals surface area contributed by atoms with Crippen molar-refractivity contribution in [1.82, 2.24) is 0 Å². The third kappa shape index (κ3) is 2.31. The summed E-state index contributed by atoms with van der Waals surface area (Å²) in [4.78, 5) is 11.3. The van der Waals surface area contributed by atoms with Gasteiger partial charge in [-0.25, -0.2) is 9.18 Å². The highest BCUT2D eigenvalue weighted by Gasteiger charge is 2.42. The number of benzene rings is 1. The van der Waals surface area contributed by atoms with Gasteiger partial charge in [0.05, 0.1) is 6.61 Å². The number of carbonyl (C=O) groups is 1. The van der Waals surface area contributed by atoms with Gasteiger partial charge >= 0.3 is 11.6 Å². The number of hydrogen-bond acceptors (Lipinski definition) is 3. The van der Waals surface area contributed by atoms with Crippen molar-refractivity contribution in [2.75, 3.05) is 6.61 Å². The predicted molar refractivity (Wildman–Crippen MR) is 56.5 cm³/mol. The molecule has 84 valence electrons. The number of nitrogens with zero attached hydrogens (tertiary/aromatic N) is 1. The lowest BCUT2D eigenvalue weighted by Gasteiger charge is -2.15. The summed E-state index contributed by atoms with van der Waals surface area (Å²) in [7, 11) is 0. The maximum absolute atomic E-state index is 14.1. The second-order valence-electron chi connectivity index (χ2n) is 3.00. The second-order valence-corrected chi connectivity index (χ2v) is 3.44. The molecule has 0 fully saturated rings. The van der Waals surface area contributed by atoms with Crippen LogP contribution in [0.1, 0.15) is 12.5 Å². The Bertz CT molecular complexity index is 444. The van der Waals surface area contributed by atoms with E-state index in [0.717, 1.165) is 0 Å². The van der Waals surface area contributed by atoms with Crippen molar-refractivity contribution in [3.8, 4) is 6.07 Å². The van der Waals surface area contributed by atoms with Crippen molar-refractivity contribution in [3.63, 3.8) is 0 Å². The minimum Gasteiger partial charge on any atom is -0.463 e. The van der Waals surface area contributed by atoms with Gasteiger partial charge in [0.1, 0.15) is 6.07 Å². The molecule has 0 saturated heterocycles. The summed E-state index contributed by atoms with van der Waals surface area (Å²) in [6.45, 7) is 1.54. The van der Waals surface area contributed by atoms with Crippen LogP contribution in [0.25, 0.3) is 0 Å². The number of hydrogen-bond donors (Lipinski definition) is 0. The standard InChI is InChI=1S/C11H9ClFNO2/c1-2-16-10(15)11(13,7-14)8-4-3-5-9(12)6-8/h3-6H,2H2,1H3/t11-/m1/s1. The van der Waals surface area contributed by atoms with Gasteiger partial charge in [-0.15, -0.1) is 0 Å². The Morgan fingerprint density at radius 3 is 2.88 bits per heavy atom. The Hall–Kier alpha value is -1.60. The number of carbonyl (C=O) groups excluding carboxylic acids is 1. The van der Waals surface area contributed by atoms with Crippen LogP contribution in [0.2, 0.25) is 5.02 Å².